The molecule has 316 valence electrons. The minimum atomic E-state index is -4.06. The standard InChI is InChI=1S/C45H49BF2N8O4S/c1-28-19-29(2)55-40(28)21-37-11-10-36(56(37)46(55,47)48)12-14-43(58)51-16-15-34(25-51)27-60-38-8-6-7-33(20-38)26-54-45-39(31(4)50-54)22-41(61-45)44(59)52-17-18-53(30(3)24-52)42-13-9-35(23-49-42)32(5)57/h6-11,13,19-23,30,34H,12,14-18,24-27H2,1-5H3/t30-,34?/m1/s1. The molecule has 4 aliphatic heterocycles. The van der Waals surface area contributed by atoms with E-state index in [1.807, 2.05) is 64.7 Å². The Balaban J connectivity index is 0.779. The summed E-state index contributed by atoms with van der Waals surface area (Å²) in [5.41, 5.74) is 5.27. The molecule has 1 unspecified atom stereocenters. The molecule has 12 nitrogen and oxygen atoms in total. The molecule has 5 aromatic rings. The van der Waals surface area contributed by atoms with E-state index in [4.69, 9.17) is 9.84 Å². The largest absolute Gasteiger partial charge is 0.737 e. The number of amides is 2. The van der Waals surface area contributed by atoms with Crippen LogP contribution in [0.3, 0.4) is 0 Å². The van der Waals surface area contributed by atoms with Gasteiger partial charge in [-0.25, -0.2) is 4.98 Å². The summed E-state index contributed by atoms with van der Waals surface area (Å²) in [6.45, 7) is 8.99. The van der Waals surface area contributed by atoms with Gasteiger partial charge >= 0.3 is 6.97 Å². The van der Waals surface area contributed by atoms with Crippen LogP contribution in [0.15, 0.2) is 78.1 Å². The summed E-state index contributed by atoms with van der Waals surface area (Å²) in [6, 6.07) is 17.1. The molecule has 2 amide bonds. The van der Waals surface area contributed by atoms with E-state index in [0.29, 0.717) is 79.1 Å². The van der Waals surface area contributed by atoms with E-state index in [9.17, 15) is 14.4 Å². The number of nitrogens with zero attached hydrogens (tertiary/aromatic N) is 8. The normalized spacial score (nSPS) is 19.6. The van der Waals surface area contributed by atoms with Crippen LogP contribution < -0.4 is 9.64 Å². The molecule has 9 rings (SSSR count). The topological polar surface area (TPSA) is 109 Å². The Kier molecular flexibility index (Phi) is 10.5. The summed E-state index contributed by atoms with van der Waals surface area (Å²) in [5, 5.41) is 5.78. The van der Waals surface area contributed by atoms with E-state index in [-0.39, 0.29) is 42.4 Å². The van der Waals surface area contributed by atoms with Crippen LogP contribution in [0.4, 0.5) is 14.4 Å². The highest BCUT2D eigenvalue weighted by Gasteiger charge is 2.52. The lowest BCUT2D eigenvalue weighted by atomic mass is 9.89. The molecule has 2 fully saturated rings. The highest BCUT2D eigenvalue weighted by Crippen LogP contribution is 2.36. The number of anilines is 1. The van der Waals surface area contributed by atoms with Gasteiger partial charge in [0.25, 0.3) is 5.91 Å². The molecule has 4 aliphatic rings. The molecule has 2 saturated heterocycles. The molecular formula is C45H49BF2N8O4S. The Morgan fingerprint density at radius 1 is 0.984 bits per heavy atom. The van der Waals surface area contributed by atoms with Crippen LogP contribution in [-0.2, 0) is 17.8 Å². The number of ketones is 1. The lowest BCUT2D eigenvalue weighted by molar-refractivity contribution is -0.362. The number of piperazine rings is 1. The third kappa shape index (κ3) is 7.59. The molecule has 2 atom stereocenters. The van der Waals surface area contributed by atoms with Crippen molar-refractivity contribution in [2.75, 3.05) is 44.2 Å². The summed E-state index contributed by atoms with van der Waals surface area (Å²) < 4.78 is 42.2. The van der Waals surface area contributed by atoms with Gasteiger partial charge in [0.1, 0.15) is 22.1 Å². The number of allylic oxidation sites excluding steroid dienone is 2. The van der Waals surface area contributed by atoms with Crippen molar-refractivity contribution < 1.29 is 32.2 Å². The van der Waals surface area contributed by atoms with E-state index < -0.39 is 6.97 Å². The van der Waals surface area contributed by atoms with Crippen molar-refractivity contribution >= 4 is 63.7 Å². The van der Waals surface area contributed by atoms with Crippen LogP contribution in [0.5, 0.6) is 5.75 Å². The number of hydrogen-bond donors (Lipinski definition) is 0. The van der Waals surface area contributed by atoms with Crippen LogP contribution in [0.25, 0.3) is 16.3 Å². The number of ether oxygens (including phenoxy) is 1. The first-order valence-electron chi connectivity index (χ1n) is 21.0. The van der Waals surface area contributed by atoms with Crippen molar-refractivity contribution in [2.24, 2.45) is 5.92 Å². The minimum Gasteiger partial charge on any atom is -0.493 e. The second-order valence-corrected chi connectivity index (χ2v) is 17.9. The molecule has 61 heavy (non-hydrogen) atoms. The fourth-order valence-electron chi connectivity index (χ4n) is 9.33. The summed E-state index contributed by atoms with van der Waals surface area (Å²) in [4.78, 5) is 50.9. The molecule has 4 aromatic heterocycles. The highest BCUT2D eigenvalue weighted by molar-refractivity contribution is 7.20. The predicted molar refractivity (Wildman–Crippen MR) is 234 cm³/mol. The molecular weight excluding hydrogens is 797 g/mol. The van der Waals surface area contributed by atoms with Crippen LogP contribution in [0, 0.1) is 12.8 Å². The number of aromatic nitrogens is 4. The van der Waals surface area contributed by atoms with Crippen molar-refractivity contribution in [1.29, 1.82) is 0 Å². The zero-order chi connectivity index (χ0) is 42.7. The first kappa shape index (κ1) is 40.5. The van der Waals surface area contributed by atoms with Crippen molar-refractivity contribution in [3.8, 4) is 5.75 Å². The van der Waals surface area contributed by atoms with Crippen LogP contribution in [0.1, 0.15) is 83.2 Å². The molecule has 0 radical (unpaired) electrons. The fourth-order valence-corrected chi connectivity index (χ4v) is 10.5. The molecule has 0 N–H and O–H groups in total. The maximum atomic E-state index is 15.9. The number of Topliss-reactive ketones (excluding diaryl/α,β-unsaturated/α-hetero) is 1. The van der Waals surface area contributed by atoms with Gasteiger partial charge in [-0.1, -0.05) is 12.1 Å². The average molecular weight is 847 g/mol. The zero-order valence-corrected chi connectivity index (χ0v) is 35.9. The SMILES string of the molecule is CC(=O)c1ccc(N2CCN(C(=O)c3cc4c(C)nn(Cc5cccc(OCC6CCN(C(=O)CCc7ccc8n7[B-](F)(F)[N+]7=C(C)C=C(C)C7=C8)C6)c5)c4s3)C[C@H]2C)nc1. The lowest BCUT2D eigenvalue weighted by Crippen LogP contribution is -2.54. The van der Waals surface area contributed by atoms with Gasteiger partial charge in [0.05, 0.1) is 23.7 Å². The molecule has 1 aromatic carbocycles. The lowest BCUT2D eigenvalue weighted by Gasteiger charge is -2.40. The number of benzene rings is 1. The summed E-state index contributed by atoms with van der Waals surface area (Å²) >= 11 is 1.46. The molecule has 0 bridgehead atoms. The molecule has 0 aliphatic carbocycles. The molecule has 8 heterocycles. The summed E-state index contributed by atoms with van der Waals surface area (Å²) in [7, 11) is 0. The number of aryl methyl sites for hydroxylation is 2. The molecule has 0 saturated carbocycles. The third-order valence-electron chi connectivity index (χ3n) is 12.5. The Morgan fingerprint density at radius 3 is 2.59 bits per heavy atom. The van der Waals surface area contributed by atoms with E-state index in [2.05, 4.69) is 16.8 Å². The van der Waals surface area contributed by atoms with Gasteiger partial charge in [-0.2, -0.15) is 5.10 Å². The van der Waals surface area contributed by atoms with Crippen LogP contribution in [0.2, 0.25) is 0 Å². The Labute approximate surface area is 357 Å². The second kappa shape index (κ2) is 15.9. The first-order valence-corrected chi connectivity index (χ1v) is 21.8. The quantitative estimate of drug-likeness (QED) is 0.103. The smallest absolute Gasteiger partial charge is 0.493 e. The number of hydrogen-bond acceptors (Lipinski definition) is 8. The number of carbonyl (C=O) groups excluding carboxylic acids is 3. The highest BCUT2D eigenvalue weighted by atomic mass is 32.1. The Hall–Kier alpha value is -5.90. The van der Waals surface area contributed by atoms with Gasteiger partial charge in [0.15, 0.2) is 11.5 Å². The van der Waals surface area contributed by atoms with Gasteiger partial charge < -0.3 is 37.0 Å². The van der Waals surface area contributed by atoms with E-state index in [1.54, 1.807) is 43.5 Å². The number of carbonyl (C=O) groups is 3. The maximum Gasteiger partial charge on any atom is 0.737 e. The Bertz CT molecular complexity index is 2680. The number of fused-ring (bicyclic) bond motifs is 3. The van der Waals surface area contributed by atoms with Crippen molar-refractivity contribution in [1.82, 2.24) is 29.0 Å². The van der Waals surface area contributed by atoms with E-state index >= 15 is 8.63 Å². The van der Waals surface area contributed by atoms with E-state index in [0.717, 1.165) is 54.0 Å². The van der Waals surface area contributed by atoms with Crippen molar-refractivity contribution in [3.63, 3.8) is 0 Å². The van der Waals surface area contributed by atoms with Crippen molar-refractivity contribution in [3.05, 3.63) is 111 Å². The first-order chi connectivity index (χ1) is 29.2. The van der Waals surface area contributed by atoms with Crippen LogP contribution in [-0.4, -0.2) is 109 Å². The van der Waals surface area contributed by atoms with Gasteiger partial charge in [-0.3, -0.25) is 19.1 Å². The summed E-state index contributed by atoms with van der Waals surface area (Å²) in [6.07, 6.45) is 6.41. The number of pyridine rings is 1. The van der Waals surface area contributed by atoms with Gasteiger partial charge in [-0.15, -0.1) is 11.3 Å². The summed E-state index contributed by atoms with van der Waals surface area (Å²) in [5.74, 6) is 1.64. The fraction of sp³-hybridized carbons (Fsp3) is 0.378. The third-order valence-corrected chi connectivity index (χ3v) is 13.7. The molecule has 16 heteroatoms. The van der Waals surface area contributed by atoms with E-state index in [1.165, 1.54) is 18.3 Å². The monoisotopic (exact) mass is 846 g/mol. The zero-order valence-electron chi connectivity index (χ0n) is 35.1. The van der Waals surface area contributed by atoms with Gasteiger partial charge in [0.2, 0.25) is 5.91 Å². The van der Waals surface area contributed by atoms with Gasteiger partial charge in [0, 0.05) is 98.6 Å². The Morgan fingerprint density at radius 2 is 1.82 bits per heavy atom. The number of likely N-dealkylation sites (tertiary alicyclic amines) is 1. The van der Waals surface area contributed by atoms with Crippen LogP contribution >= 0.6 is 11.3 Å². The number of halogens is 2. The average Bonchev–Trinajstić information content (AvgIpc) is 4.07. The number of thiophene rings is 1. The second-order valence-electron chi connectivity index (χ2n) is 16.9. The molecule has 0 spiro atoms. The minimum absolute atomic E-state index is 0.00573. The predicted octanol–water partition coefficient (Wildman–Crippen LogP) is 7.08. The van der Waals surface area contributed by atoms with Gasteiger partial charge in [-0.05, 0) is 94.3 Å². The maximum absolute atomic E-state index is 15.9. The number of rotatable bonds is 11. The van der Waals surface area contributed by atoms with Crippen molar-refractivity contribution in [2.45, 2.75) is 66.5 Å².